The summed E-state index contributed by atoms with van der Waals surface area (Å²) in [6.07, 6.45) is 4.31. The molecule has 1 fully saturated rings. The lowest BCUT2D eigenvalue weighted by Crippen LogP contribution is -2.22. The average molecular weight is 297 g/mol. The first-order valence-electron chi connectivity index (χ1n) is 7.25. The number of ether oxygens (including phenoxy) is 1. The van der Waals surface area contributed by atoms with Gasteiger partial charge in [0.15, 0.2) is 9.84 Å². The van der Waals surface area contributed by atoms with Crippen molar-refractivity contribution in [2.45, 2.75) is 43.9 Å². The van der Waals surface area contributed by atoms with Crippen molar-refractivity contribution in [1.82, 2.24) is 0 Å². The summed E-state index contributed by atoms with van der Waals surface area (Å²) in [5.74, 6) is 0.986. The largest absolute Gasteiger partial charge is 0.494 e. The molecule has 0 atom stereocenters. The predicted molar refractivity (Wildman–Crippen MR) is 80.5 cm³/mol. The third-order valence-electron chi connectivity index (χ3n) is 3.79. The van der Waals surface area contributed by atoms with Crippen LogP contribution in [0.15, 0.2) is 24.3 Å². The maximum Gasteiger partial charge on any atom is 0.153 e. The van der Waals surface area contributed by atoms with E-state index < -0.39 is 9.84 Å². The minimum atomic E-state index is -2.93. The third kappa shape index (κ3) is 4.21. The van der Waals surface area contributed by atoms with Crippen LogP contribution in [0, 0.1) is 0 Å². The quantitative estimate of drug-likeness (QED) is 0.784. The van der Waals surface area contributed by atoms with Crippen LogP contribution in [0.3, 0.4) is 0 Å². The Hall–Kier alpha value is -1.07. The van der Waals surface area contributed by atoms with Gasteiger partial charge in [0, 0.05) is 6.54 Å². The fourth-order valence-electron chi connectivity index (χ4n) is 2.63. The van der Waals surface area contributed by atoms with E-state index in [0.717, 1.165) is 37.0 Å². The standard InChI is InChI=1S/C15H23NO3S/c16-12-13-5-3-6-14(11-13)19-9-4-10-20(17,18)15-7-1-2-8-15/h3,5-6,11,15H,1-2,4,7-10,12,16H2. The molecule has 0 saturated heterocycles. The van der Waals surface area contributed by atoms with Gasteiger partial charge in [-0.15, -0.1) is 0 Å². The van der Waals surface area contributed by atoms with Gasteiger partial charge >= 0.3 is 0 Å². The lowest BCUT2D eigenvalue weighted by molar-refractivity contribution is 0.317. The first-order valence-corrected chi connectivity index (χ1v) is 8.97. The van der Waals surface area contributed by atoms with Crippen molar-refractivity contribution in [3.63, 3.8) is 0 Å². The summed E-state index contributed by atoms with van der Waals surface area (Å²) < 4.78 is 29.7. The first-order chi connectivity index (χ1) is 9.62. The van der Waals surface area contributed by atoms with Gasteiger partial charge in [-0.05, 0) is 37.0 Å². The molecule has 5 heteroatoms. The Morgan fingerprint density at radius 2 is 2.00 bits per heavy atom. The zero-order chi connectivity index (χ0) is 14.4. The molecule has 1 aliphatic rings. The van der Waals surface area contributed by atoms with Gasteiger partial charge in [-0.3, -0.25) is 0 Å². The van der Waals surface area contributed by atoms with Crippen LogP contribution in [0.2, 0.25) is 0 Å². The second-order valence-electron chi connectivity index (χ2n) is 5.33. The van der Waals surface area contributed by atoms with Crippen LogP contribution < -0.4 is 10.5 Å². The summed E-state index contributed by atoms with van der Waals surface area (Å²) in [7, 11) is -2.93. The van der Waals surface area contributed by atoms with Crippen LogP contribution in [-0.2, 0) is 16.4 Å². The number of hydrogen-bond acceptors (Lipinski definition) is 4. The number of rotatable bonds is 7. The van der Waals surface area contributed by atoms with Gasteiger partial charge in [-0.1, -0.05) is 25.0 Å². The molecule has 4 nitrogen and oxygen atoms in total. The van der Waals surface area contributed by atoms with E-state index in [0.29, 0.717) is 19.6 Å². The number of hydrogen-bond donors (Lipinski definition) is 1. The van der Waals surface area contributed by atoms with Crippen LogP contribution in [0.1, 0.15) is 37.7 Å². The maximum atomic E-state index is 12.1. The Labute approximate surface area is 121 Å². The zero-order valence-electron chi connectivity index (χ0n) is 11.8. The van der Waals surface area contributed by atoms with Crippen molar-refractivity contribution in [2.75, 3.05) is 12.4 Å². The topological polar surface area (TPSA) is 69.4 Å². The number of sulfone groups is 1. The molecule has 20 heavy (non-hydrogen) atoms. The van der Waals surface area contributed by atoms with Crippen molar-refractivity contribution in [3.8, 4) is 5.75 Å². The molecule has 0 spiro atoms. The molecular weight excluding hydrogens is 274 g/mol. The molecule has 1 aromatic carbocycles. The van der Waals surface area contributed by atoms with Gasteiger partial charge in [-0.25, -0.2) is 8.42 Å². The van der Waals surface area contributed by atoms with Gasteiger partial charge in [-0.2, -0.15) is 0 Å². The van der Waals surface area contributed by atoms with Gasteiger partial charge < -0.3 is 10.5 Å². The Morgan fingerprint density at radius 1 is 1.25 bits per heavy atom. The van der Waals surface area contributed by atoms with Gasteiger partial charge in [0.1, 0.15) is 5.75 Å². The molecule has 2 rings (SSSR count). The fourth-order valence-corrected chi connectivity index (χ4v) is 4.53. The van der Waals surface area contributed by atoms with E-state index in [1.807, 2.05) is 24.3 Å². The summed E-state index contributed by atoms with van der Waals surface area (Å²) >= 11 is 0. The minimum Gasteiger partial charge on any atom is -0.494 e. The molecule has 1 saturated carbocycles. The van der Waals surface area contributed by atoms with Crippen LogP contribution in [0.25, 0.3) is 0 Å². The molecule has 0 bridgehead atoms. The van der Waals surface area contributed by atoms with E-state index in [1.165, 1.54) is 0 Å². The van der Waals surface area contributed by atoms with Crippen molar-refractivity contribution < 1.29 is 13.2 Å². The van der Waals surface area contributed by atoms with Crippen molar-refractivity contribution in [3.05, 3.63) is 29.8 Å². The second-order valence-corrected chi connectivity index (χ2v) is 7.73. The molecule has 0 aliphatic heterocycles. The number of nitrogens with two attached hydrogens (primary N) is 1. The molecule has 112 valence electrons. The normalized spacial score (nSPS) is 16.4. The highest BCUT2D eigenvalue weighted by molar-refractivity contribution is 7.92. The SMILES string of the molecule is NCc1cccc(OCCCS(=O)(=O)C2CCCC2)c1. The van der Waals surface area contributed by atoms with Crippen LogP contribution in [0.5, 0.6) is 5.75 Å². The zero-order valence-corrected chi connectivity index (χ0v) is 12.6. The lowest BCUT2D eigenvalue weighted by Gasteiger charge is -2.11. The third-order valence-corrected chi connectivity index (χ3v) is 6.13. The van der Waals surface area contributed by atoms with Crippen LogP contribution >= 0.6 is 0 Å². The van der Waals surface area contributed by atoms with E-state index in [2.05, 4.69) is 0 Å². The lowest BCUT2D eigenvalue weighted by atomic mass is 10.2. The number of benzene rings is 1. The molecule has 0 unspecified atom stereocenters. The minimum absolute atomic E-state index is 0.108. The Morgan fingerprint density at radius 3 is 2.70 bits per heavy atom. The summed E-state index contributed by atoms with van der Waals surface area (Å²) in [5.41, 5.74) is 6.58. The Kier molecular flexibility index (Phi) is 5.43. The molecule has 0 radical (unpaired) electrons. The molecule has 1 aromatic rings. The molecule has 1 aliphatic carbocycles. The molecular formula is C15H23NO3S. The molecule has 0 heterocycles. The first kappa shape index (κ1) is 15.3. The summed E-state index contributed by atoms with van der Waals surface area (Å²) in [5, 5.41) is -0.108. The van der Waals surface area contributed by atoms with E-state index in [1.54, 1.807) is 0 Å². The summed E-state index contributed by atoms with van der Waals surface area (Å²) in [6, 6.07) is 7.60. The van der Waals surface area contributed by atoms with Crippen LogP contribution in [0.4, 0.5) is 0 Å². The van der Waals surface area contributed by atoms with Gasteiger partial charge in [0.25, 0.3) is 0 Å². The van der Waals surface area contributed by atoms with Gasteiger partial charge in [0.05, 0.1) is 17.6 Å². The average Bonchev–Trinajstić information content (AvgIpc) is 2.99. The molecule has 0 aromatic heterocycles. The van der Waals surface area contributed by atoms with E-state index >= 15 is 0 Å². The second kappa shape index (κ2) is 7.09. The smallest absolute Gasteiger partial charge is 0.153 e. The highest BCUT2D eigenvalue weighted by Crippen LogP contribution is 2.25. The monoisotopic (exact) mass is 297 g/mol. The highest BCUT2D eigenvalue weighted by atomic mass is 32.2. The molecule has 2 N–H and O–H groups in total. The fraction of sp³-hybridized carbons (Fsp3) is 0.600. The van der Waals surface area contributed by atoms with Crippen molar-refractivity contribution in [1.29, 1.82) is 0 Å². The van der Waals surface area contributed by atoms with Crippen LogP contribution in [-0.4, -0.2) is 26.0 Å². The summed E-state index contributed by atoms with van der Waals surface area (Å²) in [4.78, 5) is 0. The van der Waals surface area contributed by atoms with Crippen molar-refractivity contribution in [2.24, 2.45) is 5.73 Å². The Balaban J connectivity index is 1.75. The maximum absolute atomic E-state index is 12.1. The van der Waals surface area contributed by atoms with E-state index in [4.69, 9.17) is 10.5 Å². The summed E-state index contributed by atoms with van der Waals surface area (Å²) in [6.45, 7) is 0.910. The van der Waals surface area contributed by atoms with Crippen molar-refractivity contribution >= 4 is 9.84 Å². The van der Waals surface area contributed by atoms with Gasteiger partial charge in [0.2, 0.25) is 0 Å². The van der Waals surface area contributed by atoms with E-state index in [9.17, 15) is 8.42 Å². The molecule has 0 amide bonds. The predicted octanol–water partition coefficient (Wildman–Crippen LogP) is 2.27. The van der Waals surface area contributed by atoms with E-state index in [-0.39, 0.29) is 11.0 Å². The Bertz CT molecular complexity index is 522. The highest BCUT2D eigenvalue weighted by Gasteiger charge is 2.27.